The summed E-state index contributed by atoms with van der Waals surface area (Å²) in [7, 11) is -3.66. The Bertz CT molecular complexity index is 450. The van der Waals surface area contributed by atoms with Crippen molar-refractivity contribution < 1.29 is 23.4 Å². The molecule has 0 amide bonds. The number of nitrogens with zero attached hydrogens (tertiary/aromatic N) is 1. The van der Waals surface area contributed by atoms with Gasteiger partial charge in [0.25, 0.3) is 10.2 Å². The van der Waals surface area contributed by atoms with Crippen LogP contribution < -0.4 is 4.72 Å². The third kappa shape index (κ3) is 3.30. The summed E-state index contributed by atoms with van der Waals surface area (Å²) >= 11 is 0. The first-order valence-electron chi connectivity index (χ1n) is 7.01. The fourth-order valence-corrected chi connectivity index (χ4v) is 4.66. The van der Waals surface area contributed by atoms with E-state index < -0.39 is 27.6 Å². The molecule has 20 heavy (non-hydrogen) atoms. The molecule has 0 aromatic heterocycles. The molecule has 1 aliphatic heterocycles. The number of carboxylic acids is 1. The van der Waals surface area contributed by atoms with E-state index in [0.29, 0.717) is 25.7 Å². The highest BCUT2D eigenvalue weighted by Gasteiger charge is 2.40. The van der Waals surface area contributed by atoms with Crippen LogP contribution in [0.15, 0.2) is 0 Å². The number of aliphatic hydroxyl groups excluding tert-OH is 1. The summed E-state index contributed by atoms with van der Waals surface area (Å²) in [6.07, 6.45) is 3.78. The van der Waals surface area contributed by atoms with Crippen LogP contribution in [0.25, 0.3) is 0 Å². The van der Waals surface area contributed by atoms with E-state index in [4.69, 9.17) is 5.11 Å². The summed E-state index contributed by atoms with van der Waals surface area (Å²) in [5.74, 6) is -1.32. The number of hydrogen-bond donors (Lipinski definition) is 3. The number of aliphatic hydroxyl groups is 1. The van der Waals surface area contributed by atoms with Crippen LogP contribution in [-0.4, -0.2) is 54.1 Å². The predicted molar refractivity (Wildman–Crippen MR) is 72.3 cm³/mol. The molecule has 1 aliphatic carbocycles. The lowest BCUT2D eigenvalue weighted by atomic mass is 9.99. The van der Waals surface area contributed by atoms with Crippen LogP contribution in [-0.2, 0) is 15.0 Å². The second-order valence-electron chi connectivity index (χ2n) is 5.76. The van der Waals surface area contributed by atoms with E-state index in [2.05, 4.69) is 4.72 Å². The van der Waals surface area contributed by atoms with Crippen LogP contribution in [0.1, 0.15) is 38.5 Å². The average Bonchev–Trinajstić information content (AvgIpc) is 2.87. The van der Waals surface area contributed by atoms with E-state index >= 15 is 0 Å². The van der Waals surface area contributed by atoms with Crippen LogP contribution >= 0.6 is 0 Å². The molecule has 0 radical (unpaired) electrons. The van der Waals surface area contributed by atoms with Crippen molar-refractivity contribution in [3.63, 3.8) is 0 Å². The second kappa shape index (κ2) is 5.97. The molecule has 0 aromatic carbocycles. The lowest BCUT2D eigenvalue weighted by Crippen LogP contribution is -2.55. The number of hydrogen-bond acceptors (Lipinski definition) is 4. The van der Waals surface area contributed by atoms with Crippen LogP contribution in [0.3, 0.4) is 0 Å². The van der Waals surface area contributed by atoms with Crippen molar-refractivity contribution in [3.8, 4) is 0 Å². The van der Waals surface area contributed by atoms with Gasteiger partial charge in [0.05, 0.1) is 18.1 Å². The quantitative estimate of drug-likeness (QED) is 0.659. The number of rotatable bonds is 5. The molecule has 0 unspecified atom stereocenters. The normalized spacial score (nSPS) is 24.9. The fraction of sp³-hybridized carbons (Fsp3) is 0.917. The van der Waals surface area contributed by atoms with E-state index in [1.807, 2.05) is 0 Å². The van der Waals surface area contributed by atoms with Gasteiger partial charge in [0.15, 0.2) is 0 Å². The molecule has 3 N–H and O–H groups in total. The van der Waals surface area contributed by atoms with Crippen molar-refractivity contribution in [1.82, 2.24) is 9.03 Å². The Morgan fingerprint density at radius 3 is 2.25 bits per heavy atom. The lowest BCUT2D eigenvalue weighted by Gasteiger charge is -2.34. The van der Waals surface area contributed by atoms with Crippen LogP contribution in [0.4, 0.5) is 0 Å². The van der Waals surface area contributed by atoms with E-state index in [9.17, 15) is 18.3 Å². The molecule has 0 atom stereocenters. The van der Waals surface area contributed by atoms with Gasteiger partial charge in [-0.1, -0.05) is 12.8 Å². The van der Waals surface area contributed by atoms with Crippen LogP contribution in [0, 0.1) is 5.92 Å². The molecule has 1 heterocycles. The van der Waals surface area contributed by atoms with E-state index in [-0.39, 0.29) is 19.7 Å². The summed E-state index contributed by atoms with van der Waals surface area (Å²) in [6.45, 7) is 0.236. The zero-order valence-electron chi connectivity index (χ0n) is 11.4. The summed E-state index contributed by atoms with van der Waals surface area (Å²) in [6, 6.07) is 0. The smallest absolute Gasteiger partial charge is 0.306 e. The first-order valence-corrected chi connectivity index (χ1v) is 8.45. The van der Waals surface area contributed by atoms with E-state index in [0.717, 1.165) is 12.8 Å². The Morgan fingerprint density at radius 2 is 1.80 bits per heavy atom. The molecule has 1 saturated carbocycles. The van der Waals surface area contributed by atoms with E-state index in [1.165, 1.54) is 4.31 Å². The Labute approximate surface area is 119 Å². The topological polar surface area (TPSA) is 107 Å². The summed E-state index contributed by atoms with van der Waals surface area (Å²) in [5, 5.41) is 18.4. The maximum atomic E-state index is 12.3. The van der Waals surface area contributed by atoms with Gasteiger partial charge in [-0.3, -0.25) is 4.79 Å². The first kappa shape index (κ1) is 15.7. The third-order valence-electron chi connectivity index (χ3n) is 4.35. The van der Waals surface area contributed by atoms with Gasteiger partial charge in [0.2, 0.25) is 0 Å². The van der Waals surface area contributed by atoms with Gasteiger partial charge < -0.3 is 10.2 Å². The molecule has 2 rings (SSSR count). The molecule has 8 heteroatoms. The van der Waals surface area contributed by atoms with Crippen molar-refractivity contribution in [2.75, 3.05) is 19.7 Å². The van der Waals surface area contributed by atoms with Crippen molar-refractivity contribution in [1.29, 1.82) is 0 Å². The monoisotopic (exact) mass is 306 g/mol. The third-order valence-corrected chi connectivity index (χ3v) is 6.09. The van der Waals surface area contributed by atoms with Gasteiger partial charge in [-0.05, 0) is 25.7 Å². The minimum absolute atomic E-state index is 0.197. The molecular weight excluding hydrogens is 284 g/mol. The Balaban J connectivity index is 1.99. The SMILES string of the molecule is O=C(O)C1CCN(S(=O)(=O)NC2(CO)CCCC2)CC1. The van der Waals surface area contributed by atoms with Gasteiger partial charge in [-0.2, -0.15) is 17.4 Å². The largest absolute Gasteiger partial charge is 0.481 e. The van der Waals surface area contributed by atoms with Gasteiger partial charge in [-0.25, -0.2) is 0 Å². The van der Waals surface area contributed by atoms with Crippen LogP contribution in [0.5, 0.6) is 0 Å². The summed E-state index contributed by atoms with van der Waals surface area (Å²) in [4.78, 5) is 10.9. The van der Waals surface area contributed by atoms with Gasteiger partial charge >= 0.3 is 5.97 Å². The Morgan fingerprint density at radius 1 is 1.25 bits per heavy atom. The van der Waals surface area contributed by atoms with Gasteiger partial charge in [-0.15, -0.1) is 0 Å². The van der Waals surface area contributed by atoms with Gasteiger partial charge in [0.1, 0.15) is 0 Å². The van der Waals surface area contributed by atoms with Gasteiger partial charge in [0, 0.05) is 13.1 Å². The van der Waals surface area contributed by atoms with E-state index in [1.54, 1.807) is 0 Å². The number of carbonyl (C=O) groups is 1. The van der Waals surface area contributed by atoms with Crippen molar-refractivity contribution in [3.05, 3.63) is 0 Å². The van der Waals surface area contributed by atoms with Crippen molar-refractivity contribution >= 4 is 16.2 Å². The van der Waals surface area contributed by atoms with Crippen molar-refractivity contribution in [2.24, 2.45) is 5.92 Å². The molecule has 0 aromatic rings. The molecule has 2 fully saturated rings. The second-order valence-corrected chi connectivity index (χ2v) is 7.43. The summed E-state index contributed by atoms with van der Waals surface area (Å²) < 4.78 is 28.6. The fourth-order valence-electron chi connectivity index (χ4n) is 3.03. The highest BCUT2D eigenvalue weighted by atomic mass is 32.2. The molecule has 1 saturated heterocycles. The molecule has 7 nitrogen and oxygen atoms in total. The molecular formula is C12H22N2O5S. The number of piperidine rings is 1. The maximum absolute atomic E-state index is 12.3. The minimum atomic E-state index is -3.66. The molecule has 0 spiro atoms. The summed E-state index contributed by atoms with van der Waals surface area (Å²) in [5.41, 5.74) is -0.734. The first-order chi connectivity index (χ1) is 9.38. The molecule has 0 bridgehead atoms. The number of carboxylic acid groups (broad SMARTS) is 1. The maximum Gasteiger partial charge on any atom is 0.306 e. The highest BCUT2D eigenvalue weighted by molar-refractivity contribution is 7.87. The zero-order valence-corrected chi connectivity index (χ0v) is 12.2. The number of aliphatic carboxylic acids is 1. The number of nitrogens with one attached hydrogen (secondary N) is 1. The standard InChI is InChI=1S/C12H22N2O5S/c15-9-12(5-1-2-6-12)13-20(18,19)14-7-3-10(4-8-14)11(16)17/h10,13,15H,1-9H2,(H,16,17). The van der Waals surface area contributed by atoms with Crippen molar-refractivity contribution in [2.45, 2.75) is 44.1 Å². The Kier molecular flexibility index (Phi) is 4.68. The molecule has 116 valence electrons. The molecule has 2 aliphatic rings. The Hall–Kier alpha value is -0.700. The average molecular weight is 306 g/mol. The highest BCUT2D eigenvalue weighted by Crippen LogP contribution is 2.30. The zero-order chi connectivity index (χ0) is 14.8. The van der Waals surface area contributed by atoms with Crippen LogP contribution in [0.2, 0.25) is 0 Å². The minimum Gasteiger partial charge on any atom is -0.481 e. The predicted octanol–water partition coefficient (Wildman–Crippen LogP) is -0.0775. The lowest BCUT2D eigenvalue weighted by molar-refractivity contribution is -0.142.